The number of methoxy groups -OCH3 is 1. The molecule has 1 amide bonds. The van der Waals surface area contributed by atoms with Crippen LogP contribution in [-0.2, 0) is 17.9 Å². The van der Waals surface area contributed by atoms with Gasteiger partial charge in [0.1, 0.15) is 11.6 Å². The molecule has 0 saturated carbocycles. The maximum Gasteiger partial charge on any atom is 0.236 e. The molecule has 0 aliphatic carbocycles. The van der Waals surface area contributed by atoms with Crippen molar-refractivity contribution in [2.45, 2.75) is 31.8 Å². The summed E-state index contributed by atoms with van der Waals surface area (Å²) in [6, 6.07) is 8.03. The Balaban J connectivity index is 1.42. The van der Waals surface area contributed by atoms with Gasteiger partial charge in [-0.25, -0.2) is 8.78 Å². The smallest absolute Gasteiger partial charge is 0.236 e. The zero-order valence-electron chi connectivity index (χ0n) is 21.0. The van der Waals surface area contributed by atoms with Crippen LogP contribution in [0.5, 0.6) is 5.75 Å². The quantitative estimate of drug-likeness (QED) is 0.497. The summed E-state index contributed by atoms with van der Waals surface area (Å²) < 4.78 is 35.6. The third-order valence-corrected chi connectivity index (χ3v) is 7.31. The van der Waals surface area contributed by atoms with Gasteiger partial charge in [0.15, 0.2) is 17.4 Å². The summed E-state index contributed by atoms with van der Waals surface area (Å²) in [7, 11) is 4.85. The number of likely N-dealkylation sites (N-methyl/N-ethyl adjacent to an activating group) is 1. The standard InChI is InChI=1S/C26H29ClF2N6O2/c1-32(2)25(36)15-33-13-17-10-18(27)4-5-21(17)35-24(14-33)30-31-26(35)16-6-8-34(9-7-16)22-12-23(37-3)20(29)11-19(22)28/h4-5,10-12,16H,6-9,13-15H2,1-3H3. The number of fused-ring (bicyclic) bond motifs is 3. The van der Waals surface area contributed by atoms with E-state index in [2.05, 4.69) is 14.8 Å². The lowest BCUT2D eigenvalue weighted by Crippen LogP contribution is -2.35. The van der Waals surface area contributed by atoms with Crippen LogP contribution in [0.15, 0.2) is 30.3 Å². The predicted octanol–water partition coefficient (Wildman–Crippen LogP) is 4.00. The van der Waals surface area contributed by atoms with Crippen LogP contribution < -0.4 is 9.64 Å². The Bertz CT molecular complexity index is 1320. The molecule has 11 heteroatoms. The average molecular weight is 531 g/mol. The number of amides is 1. The lowest BCUT2D eigenvalue weighted by molar-refractivity contribution is -0.130. The largest absolute Gasteiger partial charge is 0.494 e. The van der Waals surface area contributed by atoms with E-state index in [4.69, 9.17) is 16.3 Å². The van der Waals surface area contributed by atoms with Crippen LogP contribution in [0.4, 0.5) is 14.5 Å². The Kier molecular flexibility index (Phi) is 7.04. The van der Waals surface area contributed by atoms with Gasteiger partial charge in [-0.05, 0) is 36.6 Å². The van der Waals surface area contributed by atoms with Crippen LogP contribution in [0.25, 0.3) is 5.69 Å². The van der Waals surface area contributed by atoms with E-state index < -0.39 is 11.6 Å². The molecule has 3 aromatic rings. The molecule has 0 atom stereocenters. The van der Waals surface area contributed by atoms with Crippen LogP contribution >= 0.6 is 11.6 Å². The summed E-state index contributed by atoms with van der Waals surface area (Å²) in [5, 5.41) is 9.73. The van der Waals surface area contributed by atoms with Gasteiger partial charge in [-0.3, -0.25) is 14.3 Å². The molecule has 2 aromatic carbocycles. The minimum absolute atomic E-state index is 0.00814. The molecule has 8 nitrogen and oxygen atoms in total. The highest BCUT2D eigenvalue weighted by Gasteiger charge is 2.31. The highest BCUT2D eigenvalue weighted by atomic mass is 35.5. The molecule has 196 valence electrons. The lowest BCUT2D eigenvalue weighted by Gasteiger charge is -2.33. The molecule has 0 bridgehead atoms. The fraction of sp³-hybridized carbons (Fsp3) is 0.423. The molecule has 0 unspecified atom stereocenters. The van der Waals surface area contributed by atoms with Crippen molar-refractivity contribution in [3.63, 3.8) is 0 Å². The van der Waals surface area contributed by atoms with Gasteiger partial charge in [0.2, 0.25) is 5.91 Å². The van der Waals surface area contributed by atoms with Crippen molar-refractivity contribution in [1.29, 1.82) is 0 Å². The van der Waals surface area contributed by atoms with Gasteiger partial charge in [0.25, 0.3) is 0 Å². The number of anilines is 1. The van der Waals surface area contributed by atoms with Gasteiger partial charge >= 0.3 is 0 Å². The van der Waals surface area contributed by atoms with E-state index in [0.717, 1.165) is 41.8 Å². The van der Waals surface area contributed by atoms with Crippen molar-refractivity contribution in [3.8, 4) is 11.4 Å². The van der Waals surface area contributed by atoms with E-state index in [-0.39, 0.29) is 24.1 Å². The Morgan fingerprint density at radius 1 is 1.08 bits per heavy atom. The number of aromatic nitrogens is 3. The molecular weight excluding hydrogens is 502 g/mol. The van der Waals surface area contributed by atoms with Crippen LogP contribution in [0, 0.1) is 11.6 Å². The van der Waals surface area contributed by atoms with Crippen molar-refractivity contribution in [1.82, 2.24) is 24.6 Å². The van der Waals surface area contributed by atoms with E-state index >= 15 is 0 Å². The fourth-order valence-electron chi connectivity index (χ4n) is 5.10. The van der Waals surface area contributed by atoms with Crippen LogP contribution in [0.1, 0.15) is 36.0 Å². The fourth-order valence-corrected chi connectivity index (χ4v) is 5.29. The molecule has 0 radical (unpaired) electrons. The normalized spacial score (nSPS) is 16.2. The van der Waals surface area contributed by atoms with E-state index in [1.165, 1.54) is 13.2 Å². The molecule has 3 heterocycles. The number of hydrogen-bond acceptors (Lipinski definition) is 6. The molecule has 5 rings (SSSR count). The lowest BCUT2D eigenvalue weighted by atomic mass is 9.95. The zero-order chi connectivity index (χ0) is 26.3. The van der Waals surface area contributed by atoms with Gasteiger partial charge in [0.05, 0.1) is 31.6 Å². The molecular formula is C26H29ClF2N6O2. The molecule has 1 fully saturated rings. The van der Waals surface area contributed by atoms with E-state index in [1.54, 1.807) is 19.0 Å². The van der Waals surface area contributed by atoms with Crippen molar-refractivity contribution >= 4 is 23.2 Å². The summed E-state index contributed by atoms with van der Waals surface area (Å²) in [5.74, 6) is 0.413. The zero-order valence-corrected chi connectivity index (χ0v) is 21.8. The first-order chi connectivity index (χ1) is 17.7. The summed E-state index contributed by atoms with van der Waals surface area (Å²) in [5.41, 5.74) is 2.28. The number of carbonyl (C=O) groups is 1. The Morgan fingerprint density at radius 2 is 1.84 bits per heavy atom. The number of nitrogens with zero attached hydrogens (tertiary/aromatic N) is 6. The maximum atomic E-state index is 14.6. The summed E-state index contributed by atoms with van der Waals surface area (Å²) in [4.78, 5) is 18.0. The Morgan fingerprint density at radius 3 is 2.54 bits per heavy atom. The minimum atomic E-state index is -0.718. The molecule has 0 spiro atoms. The highest BCUT2D eigenvalue weighted by molar-refractivity contribution is 6.30. The number of carbonyl (C=O) groups excluding carboxylic acids is 1. The number of ether oxygens (including phenoxy) is 1. The van der Waals surface area contributed by atoms with Gasteiger partial charge in [0, 0.05) is 56.8 Å². The molecule has 1 saturated heterocycles. The van der Waals surface area contributed by atoms with Gasteiger partial charge in [-0.2, -0.15) is 0 Å². The second kappa shape index (κ2) is 10.3. The van der Waals surface area contributed by atoms with Crippen molar-refractivity contribution in [2.75, 3.05) is 45.7 Å². The van der Waals surface area contributed by atoms with Gasteiger partial charge < -0.3 is 14.5 Å². The van der Waals surface area contributed by atoms with E-state index in [0.29, 0.717) is 36.9 Å². The third-order valence-electron chi connectivity index (χ3n) is 7.08. The molecule has 37 heavy (non-hydrogen) atoms. The average Bonchev–Trinajstić information content (AvgIpc) is 3.21. The summed E-state index contributed by atoms with van der Waals surface area (Å²) in [6.45, 7) is 2.44. The summed E-state index contributed by atoms with van der Waals surface area (Å²) >= 11 is 6.34. The Hall–Kier alpha value is -3.24. The van der Waals surface area contributed by atoms with Gasteiger partial charge in [-0.1, -0.05) is 11.6 Å². The van der Waals surface area contributed by atoms with Crippen molar-refractivity contribution in [3.05, 3.63) is 64.2 Å². The second-order valence-electron chi connectivity index (χ2n) is 9.72. The number of piperidine rings is 1. The van der Waals surface area contributed by atoms with Crippen molar-refractivity contribution < 1.29 is 18.3 Å². The topological polar surface area (TPSA) is 66.7 Å². The number of rotatable bonds is 5. The molecule has 1 aromatic heterocycles. The number of benzene rings is 2. The second-order valence-corrected chi connectivity index (χ2v) is 10.2. The van der Waals surface area contributed by atoms with Crippen molar-refractivity contribution in [2.24, 2.45) is 0 Å². The first-order valence-corrected chi connectivity index (χ1v) is 12.6. The first-order valence-electron chi connectivity index (χ1n) is 12.2. The minimum Gasteiger partial charge on any atom is -0.494 e. The molecule has 0 N–H and O–H groups in total. The van der Waals surface area contributed by atoms with E-state index in [1.807, 2.05) is 28.0 Å². The van der Waals surface area contributed by atoms with Crippen LogP contribution in [-0.4, -0.2) is 71.3 Å². The third kappa shape index (κ3) is 5.00. The number of hydrogen-bond donors (Lipinski definition) is 0. The molecule has 2 aliphatic heterocycles. The SMILES string of the molecule is COc1cc(N2CCC(c3nnc4n3-c3ccc(Cl)cc3CN(CC(=O)N(C)C)C4)CC2)c(F)cc1F. The van der Waals surface area contributed by atoms with Gasteiger partial charge in [-0.15, -0.1) is 10.2 Å². The first kappa shape index (κ1) is 25.4. The molecule has 2 aliphatic rings. The van der Waals surface area contributed by atoms with Crippen LogP contribution in [0.3, 0.4) is 0 Å². The predicted molar refractivity (Wildman–Crippen MR) is 136 cm³/mol. The van der Waals surface area contributed by atoms with Crippen LogP contribution in [0.2, 0.25) is 5.02 Å². The monoisotopic (exact) mass is 530 g/mol. The van der Waals surface area contributed by atoms with E-state index in [9.17, 15) is 13.6 Å². The number of halogens is 3. The maximum absolute atomic E-state index is 14.6. The summed E-state index contributed by atoms with van der Waals surface area (Å²) in [6.07, 6.45) is 1.45. The Labute approximate surface area is 219 Å². The highest BCUT2D eigenvalue weighted by Crippen LogP contribution is 2.36.